The summed E-state index contributed by atoms with van der Waals surface area (Å²) in [6.45, 7) is 6.02. The van der Waals surface area contributed by atoms with Crippen LogP contribution in [0.4, 0.5) is 5.69 Å². The van der Waals surface area contributed by atoms with Crippen LogP contribution in [-0.4, -0.2) is 34.9 Å². The Labute approximate surface area is 226 Å². The van der Waals surface area contributed by atoms with Crippen molar-refractivity contribution in [3.63, 3.8) is 0 Å². The normalized spacial score (nSPS) is 17.4. The largest absolute Gasteiger partial charge is 0.463 e. The molecule has 2 amide bonds. The van der Waals surface area contributed by atoms with Gasteiger partial charge < -0.3 is 9.47 Å². The second-order valence-corrected chi connectivity index (χ2v) is 9.81. The number of ether oxygens (including phenoxy) is 2. The number of carbonyl (C=O) groups excluding carboxylic acids is 4. The van der Waals surface area contributed by atoms with Crippen LogP contribution in [0.5, 0.6) is 5.75 Å². The van der Waals surface area contributed by atoms with Gasteiger partial charge >= 0.3 is 11.9 Å². The van der Waals surface area contributed by atoms with E-state index in [4.69, 9.17) is 9.47 Å². The molecule has 198 valence electrons. The van der Waals surface area contributed by atoms with Gasteiger partial charge in [0.1, 0.15) is 10.3 Å². The molecule has 0 fully saturated rings. The maximum Gasteiger partial charge on any atom is 0.338 e. The number of anilines is 1. The number of nitrogens with zero attached hydrogens (tertiary/aromatic N) is 3. The molecule has 3 aromatic rings. The summed E-state index contributed by atoms with van der Waals surface area (Å²) in [5.41, 5.74) is 1.51. The molecule has 5 rings (SSSR count). The summed E-state index contributed by atoms with van der Waals surface area (Å²) in [4.78, 5) is 70.2. The fourth-order valence-electron chi connectivity index (χ4n) is 4.79. The number of imide groups is 1. The van der Waals surface area contributed by atoms with Gasteiger partial charge in [0.15, 0.2) is 4.80 Å². The Morgan fingerprint density at radius 1 is 1.03 bits per heavy atom. The number of benzene rings is 2. The van der Waals surface area contributed by atoms with E-state index in [1.807, 2.05) is 0 Å². The number of para-hydroxylation sites is 1. The maximum absolute atomic E-state index is 14.1. The zero-order valence-electron chi connectivity index (χ0n) is 21.5. The molecule has 2 aliphatic heterocycles. The molecule has 3 heterocycles. The minimum atomic E-state index is -0.920. The molecule has 2 aliphatic rings. The van der Waals surface area contributed by atoms with Crippen LogP contribution in [0.1, 0.15) is 44.9 Å². The number of rotatable bonds is 4. The number of esters is 2. The first-order chi connectivity index (χ1) is 18.6. The Balaban J connectivity index is 1.78. The van der Waals surface area contributed by atoms with Crippen molar-refractivity contribution in [2.75, 3.05) is 11.5 Å². The van der Waals surface area contributed by atoms with Crippen LogP contribution in [-0.2, 0) is 23.9 Å². The van der Waals surface area contributed by atoms with Crippen LogP contribution < -0.4 is 24.5 Å². The molecule has 0 unspecified atom stereocenters. The number of aromatic nitrogens is 1. The van der Waals surface area contributed by atoms with E-state index in [0.717, 1.165) is 16.2 Å². The van der Waals surface area contributed by atoms with E-state index in [-0.39, 0.29) is 27.1 Å². The van der Waals surface area contributed by atoms with Gasteiger partial charge in [-0.1, -0.05) is 41.7 Å². The Morgan fingerprint density at radius 2 is 1.72 bits per heavy atom. The molecule has 0 bridgehead atoms. The van der Waals surface area contributed by atoms with E-state index in [1.165, 1.54) is 18.4 Å². The summed E-state index contributed by atoms with van der Waals surface area (Å²) in [6.07, 6.45) is 0. The Kier molecular flexibility index (Phi) is 6.61. The Hall–Kier alpha value is -4.64. The molecular weight excluding hydrogens is 522 g/mol. The number of fused-ring (bicyclic) bond motifs is 2. The maximum atomic E-state index is 14.1. The van der Waals surface area contributed by atoms with Gasteiger partial charge in [-0.15, -0.1) is 0 Å². The molecular formula is C28H23N3O7S. The third kappa shape index (κ3) is 4.30. The number of thiazole rings is 1. The van der Waals surface area contributed by atoms with Gasteiger partial charge in [-0.3, -0.25) is 23.7 Å². The highest BCUT2D eigenvalue weighted by molar-refractivity contribution is 7.07. The van der Waals surface area contributed by atoms with Crippen molar-refractivity contribution >= 4 is 46.4 Å². The molecule has 1 atom stereocenters. The van der Waals surface area contributed by atoms with Gasteiger partial charge in [-0.25, -0.2) is 14.7 Å². The minimum absolute atomic E-state index is 0.104. The van der Waals surface area contributed by atoms with Crippen molar-refractivity contribution in [1.29, 1.82) is 0 Å². The lowest BCUT2D eigenvalue weighted by Crippen LogP contribution is -2.41. The molecule has 0 aliphatic carbocycles. The van der Waals surface area contributed by atoms with E-state index in [9.17, 15) is 24.0 Å². The first-order valence-corrected chi connectivity index (χ1v) is 12.9. The van der Waals surface area contributed by atoms with Gasteiger partial charge in [-0.05, 0) is 37.6 Å². The van der Waals surface area contributed by atoms with Crippen LogP contribution in [0.15, 0.2) is 69.6 Å². The van der Waals surface area contributed by atoms with E-state index in [2.05, 4.69) is 4.99 Å². The molecule has 0 saturated carbocycles. The summed E-state index contributed by atoms with van der Waals surface area (Å²) >= 11 is 1.01. The van der Waals surface area contributed by atoms with E-state index >= 15 is 0 Å². The quantitative estimate of drug-likeness (QED) is 0.363. The predicted octanol–water partition coefficient (Wildman–Crippen LogP) is 1.99. The standard InChI is InChI=1S/C28H23N3O7S/c1-5-37-27(36)21-14(2)29-28-31(23(21)17-10-12-18(13-11-17)38-16(4)33)26(35)24(39-28)22-19-8-6-7-9-20(19)30(15(3)32)25(22)34/h6-13,23H,5H2,1-4H3/b24-22-/t23-/m0/s1. The fourth-order valence-corrected chi connectivity index (χ4v) is 5.93. The topological polar surface area (TPSA) is 124 Å². The van der Waals surface area contributed by atoms with Gasteiger partial charge in [0.2, 0.25) is 5.91 Å². The highest BCUT2D eigenvalue weighted by atomic mass is 32.1. The van der Waals surface area contributed by atoms with Crippen molar-refractivity contribution in [1.82, 2.24) is 4.57 Å². The summed E-state index contributed by atoms with van der Waals surface area (Å²) in [6, 6.07) is 12.3. The van der Waals surface area contributed by atoms with Gasteiger partial charge in [-0.2, -0.15) is 0 Å². The average molecular weight is 546 g/mol. The van der Waals surface area contributed by atoms with Gasteiger partial charge in [0.05, 0.1) is 35.2 Å². The number of hydrogen-bond donors (Lipinski definition) is 0. The van der Waals surface area contributed by atoms with Crippen LogP contribution in [0.25, 0.3) is 5.57 Å². The van der Waals surface area contributed by atoms with Gasteiger partial charge in [0.25, 0.3) is 11.5 Å². The molecule has 11 heteroatoms. The number of hydrogen-bond acceptors (Lipinski definition) is 9. The van der Waals surface area contributed by atoms with Crippen molar-refractivity contribution in [3.05, 3.63) is 90.6 Å². The lowest BCUT2D eigenvalue weighted by Gasteiger charge is -2.24. The van der Waals surface area contributed by atoms with Crippen LogP contribution in [0, 0.1) is 0 Å². The summed E-state index contributed by atoms with van der Waals surface area (Å²) in [5, 5.41) is 0. The van der Waals surface area contributed by atoms with Crippen LogP contribution in [0.2, 0.25) is 0 Å². The second-order valence-electron chi connectivity index (χ2n) is 8.84. The molecule has 0 N–H and O–H groups in total. The van der Waals surface area contributed by atoms with Crippen molar-refractivity contribution in [2.45, 2.75) is 33.7 Å². The lowest BCUT2D eigenvalue weighted by atomic mass is 9.96. The lowest BCUT2D eigenvalue weighted by molar-refractivity contribution is -0.139. The zero-order valence-corrected chi connectivity index (χ0v) is 22.3. The smallest absolute Gasteiger partial charge is 0.338 e. The summed E-state index contributed by atoms with van der Waals surface area (Å²) in [5.74, 6) is -1.88. The van der Waals surface area contributed by atoms with Crippen LogP contribution in [0.3, 0.4) is 0 Å². The SMILES string of the molecule is CCOC(=O)C1=C(C)N=c2s/c(=C3\C(=O)N(C(C)=O)c4ccccc43)c(=O)n2[C@H]1c1ccc(OC(C)=O)cc1. The molecule has 1 aromatic heterocycles. The van der Waals surface area contributed by atoms with Crippen molar-refractivity contribution in [2.24, 2.45) is 4.99 Å². The summed E-state index contributed by atoms with van der Waals surface area (Å²) in [7, 11) is 0. The van der Waals surface area contributed by atoms with E-state index < -0.39 is 35.4 Å². The molecule has 2 aromatic carbocycles. The minimum Gasteiger partial charge on any atom is -0.463 e. The Bertz CT molecular complexity index is 1780. The highest BCUT2D eigenvalue weighted by Crippen LogP contribution is 2.36. The fraction of sp³-hybridized carbons (Fsp3) is 0.214. The molecule has 10 nitrogen and oxygen atoms in total. The van der Waals surface area contributed by atoms with Crippen molar-refractivity contribution < 1.29 is 28.7 Å². The molecule has 0 saturated heterocycles. The zero-order chi connectivity index (χ0) is 28.0. The highest BCUT2D eigenvalue weighted by Gasteiger charge is 2.38. The summed E-state index contributed by atoms with van der Waals surface area (Å²) < 4.78 is 11.9. The molecule has 0 radical (unpaired) electrons. The van der Waals surface area contributed by atoms with Crippen LogP contribution >= 0.6 is 11.3 Å². The first kappa shape index (κ1) is 26.0. The third-order valence-electron chi connectivity index (χ3n) is 6.32. The molecule has 39 heavy (non-hydrogen) atoms. The second kappa shape index (κ2) is 9.91. The van der Waals surface area contributed by atoms with E-state index in [0.29, 0.717) is 28.3 Å². The number of amides is 2. The average Bonchev–Trinajstić information content (AvgIpc) is 3.35. The predicted molar refractivity (Wildman–Crippen MR) is 142 cm³/mol. The monoisotopic (exact) mass is 545 g/mol. The van der Waals surface area contributed by atoms with E-state index in [1.54, 1.807) is 62.4 Å². The third-order valence-corrected chi connectivity index (χ3v) is 7.38. The van der Waals surface area contributed by atoms with Crippen molar-refractivity contribution in [3.8, 4) is 5.75 Å². The Morgan fingerprint density at radius 3 is 2.36 bits per heavy atom. The first-order valence-electron chi connectivity index (χ1n) is 12.1. The number of allylic oxidation sites excluding steroid dienone is 1. The number of carbonyl (C=O) groups is 4. The van der Waals surface area contributed by atoms with Gasteiger partial charge in [0, 0.05) is 19.4 Å². The molecule has 0 spiro atoms.